The van der Waals surface area contributed by atoms with E-state index in [2.05, 4.69) is 32.5 Å². The van der Waals surface area contributed by atoms with Crippen LogP contribution in [0.4, 0.5) is 0 Å². The van der Waals surface area contributed by atoms with Gasteiger partial charge in [-0.1, -0.05) is 30.3 Å². The topological polar surface area (TPSA) is 77.8 Å². The molecule has 132 valence electrons. The van der Waals surface area contributed by atoms with Crippen LogP contribution in [0.3, 0.4) is 0 Å². The van der Waals surface area contributed by atoms with Gasteiger partial charge in [0.15, 0.2) is 0 Å². The Balaban J connectivity index is 1.46. The molecule has 2 aromatic heterocycles. The van der Waals surface area contributed by atoms with E-state index in [0.29, 0.717) is 23.6 Å². The lowest BCUT2D eigenvalue weighted by Gasteiger charge is -1.98. The fraction of sp³-hybridized carbons (Fsp3) is 0. The molecule has 2 radical (unpaired) electrons. The molecule has 0 aliphatic carbocycles. The van der Waals surface area contributed by atoms with E-state index in [9.17, 15) is 0 Å². The molecule has 0 saturated carbocycles. The van der Waals surface area contributed by atoms with Gasteiger partial charge >= 0.3 is 0 Å². The standard InChI is InChI=1S/C22H12N4O2/c1-3-8-15(9-4-1)19-23-25-21(27-19)17-12-7-13-18(14-17)22-26-24-20(28-22)16-10-5-2-6-11-16/h3-14H. The SMILES string of the molecule is [c]1ccc(-c2nnc(-c3cccc(-c4nnc(-c5cc[c]cc5)o4)c3)o2)cc1. The van der Waals surface area contributed by atoms with E-state index in [1.165, 1.54) is 0 Å². The maximum Gasteiger partial charge on any atom is 0.248 e. The van der Waals surface area contributed by atoms with E-state index >= 15 is 0 Å². The van der Waals surface area contributed by atoms with Crippen molar-refractivity contribution in [2.75, 3.05) is 0 Å². The van der Waals surface area contributed by atoms with Gasteiger partial charge in [0.2, 0.25) is 23.6 Å². The van der Waals surface area contributed by atoms with Gasteiger partial charge in [-0.25, -0.2) is 0 Å². The van der Waals surface area contributed by atoms with Gasteiger partial charge in [-0.15, -0.1) is 20.4 Å². The zero-order valence-corrected chi connectivity index (χ0v) is 14.5. The summed E-state index contributed by atoms with van der Waals surface area (Å²) in [5.74, 6) is 1.75. The lowest BCUT2D eigenvalue weighted by Crippen LogP contribution is -1.82. The summed E-state index contributed by atoms with van der Waals surface area (Å²) in [5.41, 5.74) is 3.23. The van der Waals surface area contributed by atoms with Crippen molar-refractivity contribution in [2.45, 2.75) is 0 Å². The van der Waals surface area contributed by atoms with Crippen LogP contribution in [0.5, 0.6) is 0 Å². The quantitative estimate of drug-likeness (QED) is 0.459. The fourth-order valence-corrected chi connectivity index (χ4v) is 2.76. The Morgan fingerprint density at radius 3 is 1.32 bits per heavy atom. The first-order chi connectivity index (χ1) is 13.9. The van der Waals surface area contributed by atoms with E-state index in [4.69, 9.17) is 8.83 Å². The van der Waals surface area contributed by atoms with Gasteiger partial charge in [0, 0.05) is 22.3 Å². The van der Waals surface area contributed by atoms with Gasteiger partial charge in [0.05, 0.1) is 0 Å². The number of hydrogen-bond donors (Lipinski definition) is 0. The van der Waals surface area contributed by atoms with Gasteiger partial charge in [-0.2, -0.15) is 0 Å². The van der Waals surface area contributed by atoms with Crippen molar-refractivity contribution in [3.63, 3.8) is 0 Å². The number of nitrogens with zero attached hydrogens (tertiary/aromatic N) is 4. The molecule has 0 unspecified atom stereocenters. The Hall–Kier alpha value is -4.06. The molecule has 3 aromatic carbocycles. The molecule has 5 rings (SSSR count). The first kappa shape index (κ1) is 16.1. The average molecular weight is 364 g/mol. The van der Waals surface area contributed by atoms with Crippen molar-refractivity contribution in [1.82, 2.24) is 20.4 Å². The second kappa shape index (κ2) is 6.92. The monoisotopic (exact) mass is 364 g/mol. The van der Waals surface area contributed by atoms with Crippen molar-refractivity contribution in [1.29, 1.82) is 0 Å². The fourth-order valence-electron chi connectivity index (χ4n) is 2.76. The lowest BCUT2D eigenvalue weighted by atomic mass is 10.1. The Morgan fingerprint density at radius 1 is 0.500 bits per heavy atom. The smallest absolute Gasteiger partial charge is 0.248 e. The third-order valence-electron chi connectivity index (χ3n) is 4.14. The molecule has 0 aliphatic heterocycles. The molecule has 6 heteroatoms. The minimum Gasteiger partial charge on any atom is -0.416 e. The highest BCUT2D eigenvalue weighted by molar-refractivity contribution is 5.66. The van der Waals surface area contributed by atoms with E-state index in [-0.39, 0.29) is 0 Å². The summed E-state index contributed by atoms with van der Waals surface area (Å²) in [7, 11) is 0. The minimum absolute atomic E-state index is 0.419. The normalized spacial score (nSPS) is 10.9. The number of hydrogen-bond acceptors (Lipinski definition) is 6. The molecular weight excluding hydrogens is 352 g/mol. The van der Waals surface area contributed by atoms with Gasteiger partial charge in [0.1, 0.15) is 0 Å². The predicted molar refractivity (Wildman–Crippen MR) is 102 cm³/mol. The maximum absolute atomic E-state index is 5.81. The van der Waals surface area contributed by atoms with Crippen molar-refractivity contribution >= 4 is 0 Å². The first-order valence-corrected chi connectivity index (χ1v) is 8.58. The summed E-state index contributed by atoms with van der Waals surface area (Å²) in [6.45, 7) is 0. The summed E-state index contributed by atoms with van der Waals surface area (Å²) in [4.78, 5) is 0. The van der Waals surface area contributed by atoms with Crippen LogP contribution >= 0.6 is 0 Å². The number of aromatic nitrogens is 4. The van der Waals surface area contributed by atoms with Crippen LogP contribution in [0.25, 0.3) is 45.8 Å². The first-order valence-electron chi connectivity index (χ1n) is 8.58. The summed E-state index contributed by atoms with van der Waals surface area (Å²) < 4.78 is 11.6. The second-order valence-corrected chi connectivity index (χ2v) is 5.98. The Morgan fingerprint density at radius 2 is 0.893 bits per heavy atom. The molecule has 0 amide bonds. The zero-order chi connectivity index (χ0) is 18.8. The average Bonchev–Trinajstić information content (AvgIpc) is 3.46. The molecule has 0 N–H and O–H groups in total. The summed E-state index contributed by atoms with van der Waals surface area (Å²) in [6, 6.07) is 28.2. The number of benzene rings is 3. The van der Waals surface area contributed by atoms with E-state index in [0.717, 1.165) is 22.3 Å². The van der Waals surface area contributed by atoms with E-state index in [1.54, 1.807) is 24.3 Å². The number of rotatable bonds is 4. The molecule has 2 heterocycles. The van der Waals surface area contributed by atoms with Crippen molar-refractivity contribution in [3.05, 3.63) is 84.9 Å². The van der Waals surface area contributed by atoms with Gasteiger partial charge in [-0.05, 0) is 54.6 Å². The third kappa shape index (κ3) is 3.07. The van der Waals surface area contributed by atoms with E-state index < -0.39 is 0 Å². The molecule has 0 atom stereocenters. The van der Waals surface area contributed by atoms with Gasteiger partial charge < -0.3 is 8.83 Å². The largest absolute Gasteiger partial charge is 0.416 e. The summed E-state index contributed by atoms with van der Waals surface area (Å²) >= 11 is 0. The van der Waals surface area contributed by atoms with Crippen LogP contribution in [0.2, 0.25) is 0 Å². The summed E-state index contributed by atoms with van der Waals surface area (Å²) in [5, 5.41) is 16.6. The molecule has 6 nitrogen and oxygen atoms in total. The molecule has 0 spiro atoms. The highest BCUT2D eigenvalue weighted by Crippen LogP contribution is 2.28. The van der Waals surface area contributed by atoms with Crippen molar-refractivity contribution in [3.8, 4) is 45.8 Å². The molecule has 0 fully saturated rings. The van der Waals surface area contributed by atoms with Crippen molar-refractivity contribution < 1.29 is 8.83 Å². The van der Waals surface area contributed by atoms with Gasteiger partial charge in [0.25, 0.3) is 0 Å². The minimum atomic E-state index is 0.419. The highest BCUT2D eigenvalue weighted by Gasteiger charge is 2.14. The van der Waals surface area contributed by atoms with Crippen LogP contribution < -0.4 is 0 Å². The van der Waals surface area contributed by atoms with E-state index in [1.807, 2.05) is 48.5 Å². The Bertz CT molecular complexity index is 1120. The maximum atomic E-state index is 5.81. The Labute approximate surface area is 160 Å². The molecular formula is C22H12N4O2. The lowest BCUT2D eigenvalue weighted by molar-refractivity contribution is 0.582. The second-order valence-electron chi connectivity index (χ2n) is 5.98. The van der Waals surface area contributed by atoms with Crippen LogP contribution in [0.1, 0.15) is 0 Å². The molecule has 0 saturated heterocycles. The summed E-state index contributed by atoms with van der Waals surface area (Å²) in [6.07, 6.45) is 0. The highest BCUT2D eigenvalue weighted by atomic mass is 16.4. The molecule has 5 aromatic rings. The third-order valence-corrected chi connectivity index (χ3v) is 4.14. The van der Waals surface area contributed by atoms with Crippen molar-refractivity contribution in [2.24, 2.45) is 0 Å². The zero-order valence-electron chi connectivity index (χ0n) is 14.5. The predicted octanol–water partition coefficient (Wildman–Crippen LogP) is 4.72. The van der Waals surface area contributed by atoms with Crippen LogP contribution in [-0.4, -0.2) is 20.4 Å². The molecule has 0 bridgehead atoms. The molecule has 28 heavy (non-hydrogen) atoms. The van der Waals surface area contributed by atoms with Gasteiger partial charge in [-0.3, -0.25) is 0 Å². The van der Waals surface area contributed by atoms with Crippen LogP contribution in [0, 0.1) is 12.1 Å². The van der Waals surface area contributed by atoms with Crippen LogP contribution in [-0.2, 0) is 0 Å². The van der Waals surface area contributed by atoms with Crippen LogP contribution in [0.15, 0.2) is 81.6 Å². The molecule has 0 aliphatic rings. The Kier molecular flexibility index (Phi) is 3.99.